The zero-order chi connectivity index (χ0) is 22.8. The number of imidazole rings is 1. The molecule has 0 aliphatic carbocycles. The molecule has 0 atom stereocenters. The lowest BCUT2D eigenvalue weighted by atomic mass is 10.1. The first-order valence-corrected chi connectivity index (χ1v) is 10.7. The monoisotopic (exact) mass is 466 g/mol. The predicted octanol–water partition coefficient (Wildman–Crippen LogP) is 2.45. The molecule has 0 radical (unpaired) electrons. The van der Waals surface area contributed by atoms with Crippen LogP contribution in [-0.4, -0.2) is 39.9 Å². The number of hydrogen-bond acceptors (Lipinski definition) is 7. The van der Waals surface area contributed by atoms with E-state index in [1.54, 1.807) is 16.8 Å². The molecule has 33 heavy (non-hydrogen) atoms. The summed E-state index contributed by atoms with van der Waals surface area (Å²) in [5, 5.41) is 9.04. The van der Waals surface area contributed by atoms with Gasteiger partial charge in [-0.25, -0.2) is 9.78 Å². The number of benzene rings is 1. The van der Waals surface area contributed by atoms with Crippen molar-refractivity contribution in [1.82, 2.24) is 39.9 Å². The molecular weight excluding hydrogens is 448 g/mol. The summed E-state index contributed by atoms with van der Waals surface area (Å²) in [6.45, 7) is 0.406. The highest BCUT2D eigenvalue weighted by Gasteiger charge is 2.11. The van der Waals surface area contributed by atoms with Crippen molar-refractivity contribution in [2.75, 3.05) is 0 Å². The Morgan fingerprint density at radius 1 is 1.00 bits per heavy atom. The fraction of sp³-hybridized carbons (Fsp3) is 0.238. The Morgan fingerprint density at radius 2 is 1.82 bits per heavy atom. The quantitative estimate of drug-likeness (QED) is 0.297. The molecule has 0 saturated heterocycles. The van der Waals surface area contributed by atoms with Gasteiger partial charge >= 0.3 is 5.69 Å². The van der Waals surface area contributed by atoms with E-state index in [1.807, 2.05) is 24.5 Å². The highest BCUT2D eigenvalue weighted by atomic mass is 35.5. The Balaban J connectivity index is 1.13. The lowest BCUT2D eigenvalue weighted by Gasteiger charge is -1.98. The molecule has 0 bridgehead atoms. The average Bonchev–Trinajstić information content (AvgIpc) is 3.52. The molecule has 4 heterocycles. The predicted molar refractivity (Wildman–Crippen MR) is 120 cm³/mol. The van der Waals surface area contributed by atoms with E-state index in [0.717, 1.165) is 30.4 Å². The van der Waals surface area contributed by atoms with Crippen molar-refractivity contribution in [2.45, 2.75) is 32.2 Å². The standard InChI is InChI=1S/C21H19ClN8O3/c22-14-7-5-13(6-8-14)20-26-16(29-33-20)11-30-10-12(9-23-30)3-1-2-4-15-24-17-18(25-15)27-21(32)28-19(17)31/h5-10H,1-4,11H2,(H3,24,25,27,28,31,32). The van der Waals surface area contributed by atoms with Gasteiger partial charge in [-0.15, -0.1) is 0 Å². The zero-order valence-corrected chi connectivity index (χ0v) is 18.1. The first-order chi connectivity index (χ1) is 16.0. The second-order valence-corrected chi connectivity index (χ2v) is 8.03. The SMILES string of the molecule is O=c1[nH]c(=O)c2[nH]c(CCCCc3cnn(Cc4noc(-c5ccc(Cl)cc5)n4)c3)nc2[nH]1. The Bertz CT molecular complexity index is 1510. The Kier molecular flexibility index (Phi) is 5.61. The first-order valence-electron chi connectivity index (χ1n) is 10.3. The molecule has 5 rings (SSSR count). The molecule has 0 fully saturated rings. The summed E-state index contributed by atoms with van der Waals surface area (Å²) in [4.78, 5) is 39.5. The first kappa shape index (κ1) is 20.9. The molecule has 11 nitrogen and oxygen atoms in total. The number of nitrogens with one attached hydrogen (secondary N) is 3. The fourth-order valence-corrected chi connectivity index (χ4v) is 3.64. The molecule has 0 unspecified atom stereocenters. The number of aromatic amines is 3. The van der Waals surface area contributed by atoms with Crippen molar-refractivity contribution >= 4 is 22.8 Å². The summed E-state index contributed by atoms with van der Waals surface area (Å²) in [5.41, 5.74) is 1.43. The van der Waals surface area contributed by atoms with Crippen LogP contribution in [0.15, 0.2) is 50.8 Å². The number of rotatable bonds is 8. The van der Waals surface area contributed by atoms with Gasteiger partial charge in [0.25, 0.3) is 11.4 Å². The second-order valence-electron chi connectivity index (χ2n) is 7.59. The van der Waals surface area contributed by atoms with Crippen LogP contribution < -0.4 is 11.2 Å². The van der Waals surface area contributed by atoms with E-state index in [4.69, 9.17) is 16.1 Å². The smallest absolute Gasteiger partial charge is 0.327 e. The molecular formula is C21H19ClN8O3. The van der Waals surface area contributed by atoms with E-state index in [0.29, 0.717) is 35.5 Å². The van der Waals surface area contributed by atoms with E-state index < -0.39 is 11.2 Å². The van der Waals surface area contributed by atoms with Gasteiger partial charge < -0.3 is 9.51 Å². The van der Waals surface area contributed by atoms with Gasteiger partial charge in [0, 0.05) is 23.2 Å². The third-order valence-electron chi connectivity index (χ3n) is 5.12. The average molecular weight is 467 g/mol. The summed E-state index contributed by atoms with van der Waals surface area (Å²) >= 11 is 5.91. The van der Waals surface area contributed by atoms with Crippen molar-refractivity contribution in [3.63, 3.8) is 0 Å². The van der Waals surface area contributed by atoms with E-state index in [1.165, 1.54) is 0 Å². The number of fused-ring (bicyclic) bond motifs is 1. The highest BCUT2D eigenvalue weighted by molar-refractivity contribution is 6.30. The van der Waals surface area contributed by atoms with E-state index in [9.17, 15) is 9.59 Å². The fourth-order valence-electron chi connectivity index (χ4n) is 3.52. The molecule has 0 spiro atoms. The van der Waals surface area contributed by atoms with Crippen LogP contribution in [0.3, 0.4) is 0 Å². The molecule has 12 heteroatoms. The summed E-state index contributed by atoms with van der Waals surface area (Å²) in [5.74, 6) is 1.64. The minimum atomic E-state index is -0.565. The third kappa shape index (κ3) is 4.77. The number of aromatic nitrogens is 8. The topological polar surface area (TPSA) is 151 Å². The number of aryl methyl sites for hydroxylation is 2. The molecule has 0 aliphatic rings. The normalized spacial score (nSPS) is 11.4. The van der Waals surface area contributed by atoms with Crippen molar-refractivity contribution < 1.29 is 4.52 Å². The van der Waals surface area contributed by atoms with Crippen molar-refractivity contribution in [3.05, 3.63) is 79.7 Å². The van der Waals surface area contributed by atoms with Crippen molar-refractivity contribution in [2.24, 2.45) is 0 Å². The Morgan fingerprint density at radius 3 is 2.67 bits per heavy atom. The van der Waals surface area contributed by atoms with Crippen LogP contribution in [0.2, 0.25) is 5.02 Å². The molecule has 1 aromatic carbocycles. The van der Waals surface area contributed by atoms with Crippen LogP contribution in [-0.2, 0) is 19.4 Å². The van der Waals surface area contributed by atoms with Gasteiger partial charge in [0.15, 0.2) is 11.5 Å². The third-order valence-corrected chi connectivity index (χ3v) is 5.37. The van der Waals surface area contributed by atoms with Gasteiger partial charge in [-0.05, 0) is 49.1 Å². The molecule has 4 aromatic heterocycles. The Hall–Kier alpha value is -3.99. The molecule has 0 amide bonds. The summed E-state index contributed by atoms with van der Waals surface area (Å²) in [6, 6.07) is 7.20. The highest BCUT2D eigenvalue weighted by Crippen LogP contribution is 2.20. The van der Waals surface area contributed by atoms with Gasteiger partial charge in [0.1, 0.15) is 17.9 Å². The molecule has 0 aliphatic heterocycles. The van der Waals surface area contributed by atoms with E-state index in [2.05, 4.69) is 35.2 Å². The lowest BCUT2D eigenvalue weighted by molar-refractivity contribution is 0.419. The van der Waals surface area contributed by atoms with Gasteiger partial charge in [0.2, 0.25) is 0 Å². The van der Waals surface area contributed by atoms with Crippen LogP contribution in [0.5, 0.6) is 0 Å². The van der Waals surface area contributed by atoms with Crippen LogP contribution in [0.25, 0.3) is 22.6 Å². The van der Waals surface area contributed by atoms with Crippen molar-refractivity contribution in [1.29, 1.82) is 0 Å². The zero-order valence-electron chi connectivity index (χ0n) is 17.3. The minimum Gasteiger partial charge on any atom is -0.336 e. The van der Waals surface area contributed by atoms with Gasteiger partial charge in [0.05, 0.1) is 6.20 Å². The van der Waals surface area contributed by atoms with Gasteiger partial charge in [-0.2, -0.15) is 10.1 Å². The molecule has 0 saturated carbocycles. The van der Waals surface area contributed by atoms with Gasteiger partial charge in [-0.3, -0.25) is 19.4 Å². The maximum atomic E-state index is 11.8. The molecule has 5 aromatic rings. The van der Waals surface area contributed by atoms with E-state index >= 15 is 0 Å². The van der Waals surface area contributed by atoms with Crippen LogP contribution in [0.4, 0.5) is 0 Å². The largest absolute Gasteiger partial charge is 0.336 e. The number of unbranched alkanes of at least 4 members (excludes halogenated alkanes) is 1. The number of H-pyrrole nitrogens is 3. The maximum absolute atomic E-state index is 11.8. The Labute approximate surface area is 190 Å². The second kappa shape index (κ2) is 8.87. The summed E-state index contributed by atoms with van der Waals surface area (Å²) < 4.78 is 7.10. The van der Waals surface area contributed by atoms with Crippen LogP contribution in [0, 0.1) is 0 Å². The summed E-state index contributed by atoms with van der Waals surface area (Å²) in [7, 11) is 0. The number of nitrogens with zero attached hydrogens (tertiary/aromatic N) is 5. The van der Waals surface area contributed by atoms with E-state index in [-0.39, 0.29) is 11.2 Å². The maximum Gasteiger partial charge on any atom is 0.327 e. The summed E-state index contributed by atoms with van der Waals surface area (Å²) in [6.07, 6.45) is 7.08. The number of hydrogen-bond donors (Lipinski definition) is 3. The van der Waals surface area contributed by atoms with Crippen LogP contribution >= 0.6 is 11.6 Å². The molecule has 3 N–H and O–H groups in total. The molecule has 168 valence electrons. The van der Waals surface area contributed by atoms with Gasteiger partial charge in [-0.1, -0.05) is 16.8 Å². The number of halogens is 1. The minimum absolute atomic E-state index is 0.278. The lowest BCUT2D eigenvalue weighted by Crippen LogP contribution is -2.21. The van der Waals surface area contributed by atoms with Crippen LogP contribution in [0.1, 0.15) is 30.1 Å². The van der Waals surface area contributed by atoms with Crippen molar-refractivity contribution in [3.8, 4) is 11.5 Å².